The highest BCUT2D eigenvalue weighted by atomic mass is 16.5. The highest BCUT2D eigenvalue weighted by Gasteiger charge is 2.30. The van der Waals surface area contributed by atoms with E-state index in [1.54, 1.807) is 12.1 Å². The van der Waals surface area contributed by atoms with Gasteiger partial charge in [-0.2, -0.15) is 0 Å². The molecule has 6 nitrogen and oxygen atoms in total. The van der Waals surface area contributed by atoms with Gasteiger partial charge in [-0.05, 0) is 18.2 Å². The maximum atomic E-state index is 10.8. The quantitative estimate of drug-likeness (QED) is 0.724. The number of nitrogens with one attached hydrogen (secondary N) is 1. The average Bonchev–Trinajstić information content (AvgIpc) is 2.78. The molecule has 3 N–H and O–H groups in total. The van der Waals surface area contributed by atoms with Gasteiger partial charge in [-0.3, -0.25) is 4.79 Å². The van der Waals surface area contributed by atoms with E-state index in [9.17, 15) is 9.59 Å². The Balaban J connectivity index is 2.00. The number of benzene rings is 1. The minimum Gasteiger partial charge on any atom is -0.489 e. The van der Waals surface area contributed by atoms with E-state index < -0.39 is 18.0 Å². The Kier molecular flexibility index (Phi) is 3.47. The van der Waals surface area contributed by atoms with Gasteiger partial charge in [0.15, 0.2) is 0 Å². The molecule has 18 heavy (non-hydrogen) atoms. The van der Waals surface area contributed by atoms with Crippen molar-refractivity contribution in [2.45, 2.75) is 18.6 Å². The Morgan fingerprint density at radius 1 is 1.33 bits per heavy atom. The molecule has 96 valence electrons. The molecule has 0 amide bonds. The number of aliphatic carboxylic acids is 1. The summed E-state index contributed by atoms with van der Waals surface area (Å²) < 4.78 is 5.56. The first kappa shape index (κ1) is 12.4. The first-order valence-corrected chi connectivity index (χ1v) is 5.52. The van der Waals surface area contributed by atoms with E-state index in [2.05, 4.69) is 5.32 Å². The van der Waals surface area contributed by atoms with Gasteiger partial charge in [0.2, 0.25) is 0 Å². The van der Waals surface area contributed by atoms with Crippen molar-refractivity contribution in [1.82, 2.24) is 5.32 Å². The Hall–Kier alpha value is -2.08. The number of hydrogen-bond acceptors (Lipinski definition) is 4. The van der Waals surface area contributed by atoms with Gasteiger partial charge in [-0.15, -0.1) is 0 Å². The van der Waals surface area contributed by atoms with E-state index in [0.29, 0.717) is 18.7 Å². The van der Waals surface area contributed by atoms with Crippen molar-refractivity contribution in [3.05, 3.63) is 29.8 Å². The Morgan fingerprint density at radius 2 is 2.11 bits per heavy atom. The van der Waals surface area contributed by atoms with E-state index in [1.807, 2.05) is 0 Å². The zero-order valence-electron chi connectivity index (χ0n) is 9.50. The van der Waals surface area contributed by atoms with Gasteiger partial charge >= 0.3 is 11.9 Å². The lowest BCUT2D eigenvalue weighted by molar-refractivity contribution is -0.139. The SMILES string of the molecule is O=C(O)c1cccc(OC2CNC(C(=O)O)C2)c1. The Bertz CT molecular complexity index is 473. The summed E-state index contributed by atoms with van der Waals surface area (Å²) in [5.41, 5.74) is 0.147. The van der Waals surface area contributed by atoms with Crippen molar-refractivity contribution < 1.29 is 24.5 Å². The predicted octanol–water partition coefficient (Wildman–Crippen LogP) is 0.579. The zero-order chi connectivity index (χ0) is 13.1. The molecule has 0 saturated carbocycles. The molecule has 0 radical (unpaired) electrons. The molecule has 0 bridgehead atoms. The number of aromatic carboxylic acids is 1. The molecule has 1 aromatic carbocycles. The van der Waals surface area contributed by atoms with Crippen LogP contribution in [0.3, 0.4) is 0 Å². The predicted molar refractivity (Wildman–Crippen MR) is 61.9 cm³/mol. The van der Waals surface area contributed by atoms with Crippen LogP contribution in [0, 0.1) is 0 Å². The van der Waals surface area contributed by atoms with Crippen molar-refractivity contribution in [2.75, 3.05) is 6.54 Å². The summed E-state index contributed by atoms with van der Waals surface area (Å²) in [7, 11) is 0. The number of ether oxygens (including phenoxy) is 1. The first-order chi connectivity index (χ1) is 8.56. The van der Waals surface area contributed by atoms with Crippen LogP contribution in [0.5, 0.6) is 5.75 Å². The molecule has 2 atom stereocenters. The van der Waals surface area contributed by atoms with Crippen molar-refractivity contribution >= 4 is 11.9 Å². The van der Waals surface area contributed by atoms with Crippen LogP contribution in [0.15, 0.2) is 24.3 Å². The molecule has 2 rings (SSSR count). The third-order valence-electron chi connectivity index (χ3n) is 2.77. The van der Waals surface area contributed by atoms with Crippen LogP contribution in [-0.4, -0.2) is 40.8 Å². The molecule has 1 aliphatic rings. The topological polar surface area (TPSA) is 95.9 Å². The molecule has 1 aliphatic heterocycles. The maximum Gasteiger partial charge on any atom is 0.335 e. The molecule has 0 spiro atoms. The fraction of sp³-hybridized carbons (Fsp3) is 0.333. The second-order valence-electron chi connectivity index (χ2n) is 4.11. The van der Waals surface area contributed by atoms with Crippen LogP contribution < -0.4 is 10.1 Å². The highest BCUT2D eigenvalue weighted by molar-refractivity contribution is 5.88. The Labute approximate surface area is 103 Å². The maximum absolute atomic E-state index is 10.8. The molecule has 6 heteroatoms. The number of carboxylic acids is 2. The van der Waals surface area contributed by atoms with Crippen molar-refractivity contribution in [1.29, 1.82) is 0 Å². The summed E-state index contributed by atoms with van der Waals surface area (Å²) in [5, 5.41) is 20.5. The fourth-order valence-electron chi connectivity index (χ4n) is 1.88. The van der Waals surface area contributed by atoms with Gasteiger partial charge in [0.05, 0.1) is 5.56 Å². The second-order valence-corrected chi connectivity index (χ2v) is 4.11. The van der Waals surface area contributed by atoms with E-state index >= 15 is 0 Å². The standard InChI is InChI=1S/C12H13NO5/c14-11(15)7-2-1-3-8(4-7)18-9-5-10(12(16)17)13-6-9/h1-4,9-10,13H,5-6H2,(H,14,15)(H,16,17). The second kappa shape index (κ2) is 5.05. The molecule has 1 saturated heterocycles. The molecule has 1 aromatic rings. The fourth-order valence-corrected chi connectivity index (χ4v) is 1.88. The summed E-state index contributed by atoms with van der Waals surface area (Å²) in [6.07, 6.45) is 0.113. The molecular weight excluding hydrogens is 238 g/mol. The minimum atomic E-state index is -1.02. The van der Waals surface area contributed by atoms with Crippen LogP contribution in [0.25, 0.3) is 0 Å². The summed E-state index contributed by atoms with van der Waals surface area (Å²) in [4.78, 5) is 21.5. The van der Waals surface area contributed by atoms with Crippen LogP contribution in [0.2, 0.25) is 0 Å². The van der Waals surface area contributed by atoms with Gasteiger partial charge in [0, 0.05) is 13.0 Å². The minimum absolute atomic E-state index is 0.147. The first-order valence-electron chi connectivity index (χ1n) is 5.52. The van der Waals surface area contributed by atoms with E-state index in [0.717, 1.165) is 0 Å². The molecule has 1 fully saturated rings. The molecule has 2 unspecified atom stereocenters. The van der Waals surface area contributed by atoms with Gasteiger partial charge in [0.1, 0.15) is 17.9 Å². The molecule has 0 aromatic heterocycles. The number of rotatable bonds is 4. The normalized spacial score (nSPS) is 22.7. The molecule has 1 heterocycles. The van der Waals surface area contributed by atoms with Gasteiger partial charge < -0.3 is 20.3 Å². The molecule has 0 aliphatic carbocycles. The van der Waals surface area contributed by atoms with Crippen molar-refractivity contribution in [3.63, 3.8) is 0 Å². The van der Waals surface area contributed by atoms with Crippen LogP contribution in [0.4, 0.5) is 0 Å². The number of carboxylic acid groups (broad SMARTS) is 2. The smallest absolute Gasteiger partial charge is 0.335 e. The zero-order valence-corrected chi connectivity index (χ0v) is 9.50. The third-order valence-corrected chi connectivity index (χ3v) is 2.77. The van der Waals surface area contributed by atoms with Crippen LogP contribution in [-0.2, 0) is 4.79 Å². The Morgan fingerprint density at radius 3 is 2.72 bits per heavy atom. The van der Waals surface area contributed by atoms with E-state index in [1.165, 1.54) is 12.1 Å². The monoisotopic (exact) mass is 251 g/mol. The lowest BCUT2D eigenvalue weighted by Crippen LogP contribution is -2.30. The average molecular weight is 251 g/mol. The third kappa shape index (κ3) is 2.78. The van der Waals surface area contributed by atoms with Crippen LogP contribution >= 0.6 is 0 Å². The van der Waals surface area contributed by atoms with E-state index in [-0.39, 0.29) is 11.7 Å². The summed E-state index contributed by atoms with van der Waals surface area (Å²) in [6.45, 7) is 0.439. The highest BCUT2D eigenvalue weighted by Crippen LogP contribution is 2.19. The van der Waals surface area contributed by atoms with E-state index in [4.69, 9.17) is 14.9 Å². The lowest BCUT2D eigenvalue weighted by atomic mass is 10.2. The summed E-state index contributed by atoms with van der Waals surface area (Å²) in [6, 6.07) is 5.55. The van der Waals surface area contributed by atoms with Gasteiger partial charge in [0.25, 0.3) is 0 Å². The largest absolute Gasteiger partial charge is 0.489 e. The van der Waals surface area contributed by atoms with Crippen molar-refractivity contribution in [2.24, 2.45) is 0 Å². The van der Waals surface area contributed by atoms with Crippen molar-refractivity contribution in [3.8, 4) is 5.75 Å². The molecular formula is C12H13NO5. The summed E-state index contributed by atoms with van der Waals surface area (Å²) in [5.74, 6) is -1.48. The number of carbonyl (C=O) groups is 2. The van der Waals surface area contributed by atoms with Crippen LogP contribution in [0.1, 0.15) is 16.8 Å². The lowest BCUT2D eigenvalue weighted by Gasteiger charge is -2.12. The van der Waals surface area contributed by atoms with Gasteiger partial charge in [-0.1, -0.05) is 6.07 Å². The summed E-state index contributed by atoms with van der Waals surface area (Å²) >= 11 is 0. The van der Waals surface area contributed by atoms with Gasteiger partial charge in [-0.25, -0.2) is 4.79 Å². The number of hydrogen-bond donors (Lipinski definition) is 3.